The molecule has 0 radical (unpaired) electrons. The first-order valence-electron chi connectivity index (χ1n) is 10.8. The summed E-state index contributed by atoms with van der Waals surface area (Å²) in [4.78, 5) is 48.2. The highest BCUT2D eigenvalue weighted by Crippen LogP contribution is 2.40. The minimum absolute atomic E-state index is 0.0298. The molecule has 186 valence electrons. The van der Waals surface area contributed by atoms with Crippen LogP contribution in [0, 0.1) is 0 Å². The molecular weight excluding hydrogens is 508 g/mol. The number of hydrogen-bond donors (Lipinski definition) is 2. The summed E-state index contributed by atoms with van der Waals surface area (Å²) in [7, 11) is 0. The van der Waals surface area contributed by atoms with Gasteiger partial charge in [-0.2, -0.15) is 9.36 Å². The summed E-state index contributed by atoms with van der Waals surface area (Å²) in [6.07, 6.45) is 5.59. The van der Waals surface area contributed by atoms with Crippen molar-refractivity contribution < 1.29 is 28.7 Å². The van der Waals surface area contributed by atoms with E-state index in [1.807, 2.05) is 45.8 Å². The van der Waals surface area contributed by atoms with E-state index in [4.69, 9.17) is 10.6 Å². The zero-order valence-corrected chi connectivity index (χ0v) is 20.5. The highest BCUT2D eigenvalue weighted by atomic mass is 32.2. The standard InChI is InChI=1S/C21H20N8O5S2/c1-2-34-25-13(16-24-21(22)36-26-16)17(30)23-14-18(31)29-15(20(32)33)11(10-35-19(14)29)9-28-8-7-27-6-4-3-5-12(27)28/h3-8,14,19H,2,9-10H2,1H3,(H3-,22,23,24,26,30,32,33)/b25-13-/t14?,19-/m0/s1. The zero-order chi connectivity index (χ0) is 25.4. The van der Waals surface area contributed by atoms with Crippen LogP contribution < -0.4 is 20.6 Å². The van der Waals surface area contributed by atoms with Gasteiger partial charge >= 0.3 is 0 Å². The number of anilines is 1. The van der Waals surface area contributed by atoms with Gasteiger partial charge in [-0.1, -0.05) is 11.2 Å². The summed E-state index contributed by atoms with van der Waals surface area (Å²) in [5, 5.41) is 18.0. The summed E-state index contributed by atoms with van der Waals surface area (Å²) >= 11 is 2.24. The van der Waals surface area contributed by atoms with Gasteiger partial charge < -0.3 is 25.8 Å². The monoisotopic (exact) mass is 528 g/mol. The highest BCUT2D eigenvalue weighted by Gasteiger charge is 2.53. The maximum Gasteiger partial charge on any atom is 0.286 e. The first-order chi connectivity index (χ1) is 17.4. The second kappa shape index (κ2) is 9.58. The van der Waals surface area contributed by atoms with Gasteiger partial charge in [0.1, 0.15) is 37.0 Å². The smallest absolute Gasteiger partial charge is 0.286 e. The molecule has 0 aromatic carbocycles. The van der Waals surface area contributed by atoms with Gasteiger partial charge in [0, 0.05) is 28.9 Å². The van der Waals surface area contributed by atoms with E-state index in [0.29, 0.717) is 11.3 Å². The van der Waals surface area contributed by atoms with Crippen molar-refractivity contribution >= 4 is 57.6 Å². The minimum Gasteiger partial charge on any atom is -0.543 e. The predicted octanol–water partition coefficient (Wildman–Crippen LogP) is -1.49. The molecule has 5 heterocycles. The molecule has 13 nitrogen and oxygen atoms in total. The van der Waals surface area contributed by atoms with Crippen molar-refractivity contribution in [3.05, 3.63) is 53.9 Å². The molecule has 0 saturated carbocycles. The van der Waals surface area contributed by atoms with Gasteiger partial charge in [-0.15, -0.1) is 11.8 Å². The molecule has 3 aromatic heterocycles. The second-order valence-electron chi connectivity index (χ2n) is 7.81. The number of carboxylic acid groups (broad SMARTS) is 1. The molecule has 0 aliphatic carbocycles. The van der Waals surface area contributed by atoms with E-state index in [1.54, 1.807) is 6.92 Å². The molecule has 0 bridgehead atoms. The number of β-lactam (4-membered cyclic amide) rings is 1. The van der Waals surface area contributed by atoms with E-state index in [0.717, 1.165) is 17.2 Å². The number of carboxylic acids is 1. The number of rotatable bonds is 8. The van der Waals surface area contributed by atoms with Crippen molar-refractivity contribution in [2.75, 3.05) is 18.1 Å². The van der Waals surface area contributed by atoms with Crippen LogP contribution in [0.25, 0.3) is 5.65 Å². The van der Waals surface area contributed by atoms with Crippen LogP contribution in [0.1, 0.15) is 12.7 Å². The van der Waals surface area contributed by atoms with Crippen LogP contribution in [0.3, 0.4) is 0 Å². The van der Waals surface area contributed by atoms with Gasteiger partial charge in [-0.3, -0.25) is 14.5 Å². The molecular formula is C21H20N8O5S2. The van der Waals surface area contributed by atoms with Crippen molar-refractivity contribution in [2.24, 2.45) is 5.16 Å². The number of imidazole rings is 1. The molecule has 2 atom stereocenters. The lowest BCUT2D eigenvalue weighted by molar-refractivity contribution is -0.510. The van der Waals surface area contributed by atoms with E-state index < -0.39 is 29.2 Å². The fraction of sp³-hybridized carbons (Fsp3) is 0.286. The van der Waals surface area contributed by atoms with Crippen molar-refractivity contribution in [1.29, 1.82) is 0 Å². The SMILES string of the molecule is CCO/N=C(\C(=O)NC1C(=O)N2C(C(=O)[O-])=C(Cn3cc[n+]4ccccc34)CS[C@@H]12)c1nsc(N)n1. The second-order valence-corrected chi connectivity index (χ2v) is 9.70. The van der Waals surface area contributed by atoms with Crippen LogP contribution in [0.4, 0.5) is 5.13 Å². The third-order valence-corrected chi connectivity index (χ3v) is 7.49. The van der Waals surface area contributed by atoms with Gasteiger partial charge in [-0.05, 0) is 13.0 Å². The number of aromatic nitrogens is 4. The summed E-state index contributed by atoms with van der Waals surface area (Å²) < 4.78 is 7.78. The number of aliphatic carboxylic acids is 1. The van der Waals surface area contributed by atoms with E-state index in [1.165, 1.54) is 16.7 Å². The Morgan fingerprint density at radius 3 is 2.94 bits per heavy atom. The summed E-state index contributed by atoms with van der Waals surface area (Å²) in [5.41, 5.74) is 6.62. The third kappa shape index (κ3) is 4.15. The number of nitrogens with two attached hydrogens (primary N) is 1. The van der Waals surface area contributed by atoms with Gasteiger partial charge in [0.15, 0.2) is 5.13 Å². The molecule has 3 N–H and O–H groups in total. The predicted molar refractivity (Wildman–Crippen MR) is 127 cm³/mol. The Labute approximate surface area is 212 Å². The number of nitrogens with zero attached hydrogens (tertiary/aromatic N) is 6. The topological polar surface area (TPSA) is 172 Å². The van der Waals surface area contributed by atoms with Gasteiger partial charge in [0.05, 0.1) is 17.9 Å². The van der Waals surface area contributed by atoms with Crippen LogP contribution in [0.15, 0.2) is 53.2 Å². The summed E-state index contributed by atoms with van der Waals surface area (Å²) in [6.45, 7) is 2.16. The number of pyridine rings is 1. The molecule has 1 saturated heterocycles. The Kier molecular flexibility index (Phi) is 6.32. The average Bonchev–Trinajstić information content (AvgIpc) is 3.48. The maximum absolute atomic E-state index is 13.0. The molecule has 1 unspecified atom stereocenters. The Morgan fingerprint density at radius 2 is 2.22 bits per heavy atom. The van der Waals surface area contributed by atoms with Crippen LogP contribution >= 0.6 is 23.3 Å². The molecule has 2 amide bonds. The molecule has 5 rings (SSSR count). The average molecular weight is 529 g/mol. The largest absolute Gasteiger partial charge is 0.543 e. The van der Waals surface area contributed by atoms with E-state index in [-0.39, 0.29) is 35.5 Å². The lowest BCUT2D eigenvalue weighted by Crippen LogP contribution is -2.71. The number of carbonyl (C=O) groups excluding carboxylic acids is 3. The molecule has 0 spiro atoms. The summed E-state index contributed by atoms with van der Waals surface area (Å²) in [5.74, 6) is -2.44. The fourth-order valence-electron chi connectivity index (χ4n) is 4.03. The van der Waals surface area contributed by atoms with Gasteiger partial charge in [-0.25, -0.2) is 8.97 Å². The van der Waals surface area contributed by atoms with Crippen molar-refractivity contribution in [2.45, 2.75) is 24.9 Å². The number of carbonyl (C=O) groups is 3. The number of fused-ring (bicyclic) bond motifs is 2. The molecule has 2 aliphatic rings. The van der Waals surface area contributed by atoms with Crippen LogP contribution in [-0.2, 0) is 25.8 Å². The minimum atomic E-state index is -1.45. The Hall–Kier alpha value is -3.98. The van der Waals surface area contributed by atoms with Crippen LogP contribution in [0.5, 0.6) is 0 Å². The molecule has 15 heteroatoms. The van der Waals surface area contributed by atoms with Gasteiger partial charge in [0.25, 0.3) is 17.5 Å². The van der Waals surface area contributed by atoms with Crippen molar-refractivity contribution in [3.63, 3.8) is 0 Å². The molecule has 36 heavy (non-hydrogen) atoms. The normalized spacial score (nSPS) is 19.8. The van der Waals surface area contributed by atoms with Crippen LogP contribution in [-0.4, -0.2) is 66.1 Å². The highest BCUT2D eigenvalue weighted by molar-refractivity contribution is 8.00. The molecule has 1 fully saturated rings. The first kappa shape index (κ1) is 23.7. The van der Waals surface area contributed by atoms with Gasteiger partial charge in [0.2, 0.25) is 11.5 Å². The molecule has 3 aromatic rings. The van der Waals surface area contributed by atoms with Crippen molar-refractivity contribution in [3.8, 4) is 0 Å². The number of nitrogens with one attached hydrogen (secondary N) is 1. The zero-order valence-electron chi connectivity index (χ0n) is 18.9. The lowest BCUT2D eigenvalue weighted by Gasteiger charge is -2.50. The van der Waals surface area contributed by atoms with E-state index in [9.17, 15) is 19.5 Å². The maximum atomic E-state index is 13.0. The van der Waals surface area contributed by atoms with Crippen molar-refractivity contribution in [1.82, 2.24) is 24.1 Å². The lowest BCUT2D eigenvalue weighted by atomic mass is 10.0. The fourth-order valence-corrected chi connectivity index (χ4v) is 5.80. The molecule has 2 aliphatic heterocycles. The number of thioether (sulfide) groups is 1. The summed E-state index contributed by atoms with van der Waals surface area (Å²) in [6, 6.07) is 4.71. The number of hydrogen-bond acceptors (Lipinski definition) is 11. The number of amides is 2. The Balaban J connectivity index is 1.37. The first-order valence-corrected chi connectivity index (χ1v) is 12.6. The Bertz CT molecular complexity index is 1430. The van der Waals surface area contributed by atoms with E-state index in [2.05, 4.69) is 19.8 Å². The van der Waals surface area contributed by atoms with Crippen LogP contribution in [0.2, 0.25) is 0 Å². The van der Waals surface area contributed by atoms with E-state index >= 15 is 0 Å². The third-order valence-electron chi connectivity index (χ3n) is 5.61. The quantitative estimate of drug-likeness (QED) is 0.153. The number of oxime groups is 1. The number of nitrogen functional groups attached to an aromatic ring is 1. The Morgan fingerprint density at radius 1 is 1.39 bits per heavy atom.